The first-order valence-corrected chi connectivity index (χ1v) is 7.59. The van der Waals surface area contributed by atoms with Crippen LogP contribution < -0.4 is 10.6 Å². The molecule has 2 N–H and O–H groups in total. The van der Waals surface area contributed by atoms with Crippen molar-refractivity contribution in [3.63, 3.8) is 0 Å². The Morgan fingerprint density at radius 3 is 3.00 bits per heavy atom. The Balaban J connectivity index is 1.78. The highest BCUT2D eigenvalue weighted by Gasteiger charge is 2.37. The molecule has 2 aliphatic rings. The average Bonchev–Trinajstić information content (AvgIpc) is 3.05. The summed E-state index contributed by atoms with van der Waals surface area (Å²) in [4.78, 5) is 14.3. The number of rotatable bonds is 3. The molecule has 20 heavy (non-hydrogen) atoms. The van der Waals surface area contributed by atoms with Crippen LogP contribution in [0.25, 0.3) is 0 Å². The van der Waals surface area contributed by atoms with E-state index < -0.39 is 0 Å². The summed E-state index contributed by atoms with van der Waals surface area (Å²) in [6.07, 6.45) is 3.68. The van der Waals surface area contributed by atoms with Crippen LogP contribution in [0, 0.1) is 0 Å². The van der Waals surface area contributed by atoms with Gasteiger partial charge in [0.15, 0.2) is 0 Å². The van der Waals surface area contributed by atoms with E-state index in [1.54, 1.807) is 19.2 Å². The van der Waals surface area contributed by atoms with Crippen LogP contribution in [0.4, 0.5) is 5.69 Å². The van der Waals surface area contributed by atoms with E-state index in [4.69, 9.17) is 11.6 Å². The molecule has 3 rings (SSSR count). The molecule has 2 fully saturated rings. The predicted octanol–water partition coefficient (Wildman–Crippen LogP) is 2.35. The Hall–Kier alpha value is -1.26. The molecule has 5 heteroatoms. The molecule has 108 valence electrons. The van der Waals surface area contributed by atoms with Crippen LogP contribution in [0.2, 0.25) is 5.02 Å². The molecule has 2 heterocycles. The van der Waals surface area contributed by atoms with Crippen molar-refractivity contribution < 1.29 is 4.79 Å². The van der Waals surface area contributed by atoms with E-state index in [1.807, 2.05) is 6.07 Å². The Labute approximate surface area is 124 Å². The summed E-state index contributed by atoms with van der Waals surface area (Å²) in [6.45, 7) is 2.38. The summed E-state index contributed by atoms with van der Waals surface area (Å²) >= 11 is 6.26. The molecule has 1 aromatic carbocycles. The van der Waals surface area contributed by atoms with E-state index in [2.05, 4.69) is 15.5 Å². The largest absolute Gasteiger partial charge is 0.379 e. The van der Waals surface area contributed by atoms with Crippen molar-refractivity contribution >= 4 is 23.2 Å². The van der Waals surface area contributed by atoms with Gasteiger partial charge in [0, 0.05) is 31.2 Å². The molecule has 2 atom stereocenters. The molecule has 1 aromatic rings. The van der Waals surface area contributed by atoms with Gasteiger partial charge in [0.2, 0.25) is 0 Å². The standard InChI is InChI=1S/C15H20ClN3O/c1-17-15(20)10-4-5-11(16)13(9-10)18-12-6-8-19-7-2-3-14(12)19/h4-5,9,12,14,18H,2-3,6-8H2,1H3,(H,17,20). The molecule has 0 aliphatic carbocycles. The third-order valence-corrected chi connectivity index (χ3v) is 4.73. The Kier molecular flexibility index (Phi) is 3.85. The number of fused-ring (bicyclic) bond motifs is 1. The van der Waals surface area contributed by atoms with Crippen LogP contribution in [0.5, 0.6) is 0 Å². The van der Waals surface area contributed by atoms with Gasteiger partial charge in [0.1, 0.15) is 0 Å². The average molecular weight is 294 g/mol. The zero-order chi connectivity index (χ0) is 14.1. The molecule has 0 bridgehead atoms. The minimum absolute atomic E-state index is 0.0846. The monoisotopic (exact) mass is 293 g/mol. The molecule has 0 saturated carbocycles. The number of amides is 1. The third-order valence-electron chi connectivity index (χ3n) is 4.40. The van der Waals surface area contributed by atoms with E-state index in [0.717, 1.165) is 18.7 Å². The predicted molar refractivity (Wildman–Crippen MR) is 81.5 cm³/mol. The molecule has 0 spiro atoms. The first kappa shape index (κ1) is 13.7. The maximum atomic E-state index is 11.7. The first-order chi connectivity index (χ1) is 9.69. The van der Waals surface area contributed by atoms with Gasteiger partial charge in [-0.3, -0.25) is 9.69 Å². The molecular weight excluding hydrogens is 274 g/mol. The van der Waals surface area contributed by atoms with Crippen LogP contribution in [-0.4, -0.2) is 43.0 Å². The van der Waals surface area contributed by atoms with Crippen molar-refractivity contribution in [3.8, 4) is 0 Å². The summed E-state index contributed by atoms with van der Waals surface area (Å²) in [5, 5.41) is 6.86. The molecule has 4 nitrogen and oxygen atoms in total. The minimum atomic E-state index is -0.0846. The number of hydrogen-bond acceptors (Lipinski definition) is 3. The smallest absolute Gasteiger partial charge is 0.251 e. The van der Waals surface area contributed by atoms with Crippen molar-refractivity contribution in [1.29, 1.82) is 0 Å². The molecule has 2 unspecified atom stereocenters. The normalized spacial score (nSPS) is 25.5. The number of carbonyl (C=O) groups excluding carboxylic acids is 1. The third kappa shape index (κ3) is 2.50. The van der Waals surface area contributed by atoms with Gasteiger partial charge >= 0.3 is 0 Å². The van der Waals surface area contributed by atoms with Crippen molar-refractivity contribution in [2.24, 2.45) is 0 Å². The second-order valence-electron chi connectivity index (χ2n) is 5.56. The Bertz CT molecular complexity index is 520. The van der Waals surface area contributed by atoms with Crippen LogP contribution in [0.1, 0.15) is 29.6 Å². The van der Waals surface area contributed by atoms with Gasteiger partial charge in [-0.05, 0) is 44.0 Å². The van der Waals surface area contributed by atoms with E-state index in [9.17, 15) is 4.79 Å². The second kappa shape index (κ2) is 5.62. The molecule has 1 amide bonds. The highest BCUT2D eigenvalue weighted by molar-refractivity contribution is 6.33. The highest BCUT2D eigenvalue weighted by atomic mass is 35.5. The number of carbonyl (C=O) groups is 1. The summed E-state index contributed by atoms with van der Waals surface area (Å²) < 4.78 is 0. The van der Waals surface area contributed by atoms with Crippen molar-refractivity contribution in [1.82, 2.24) is 10.2 Å². The molecule has 2 aliphatic heterocycles. The summed E-state index contributed by atoms with van der Waals surface area (Å²) in [6, 6.07) is 6.45. The zero-order valence-electron chi connectivity index (χ0n) is 11.7. The van der Waals surface area contributed by atoms with Crippen LogP contribution >= 0.6 is 11.6 Å². The lowest BCUT2D eigenvalue weighted by molar-refractivity contribution is 0.0963. The Morgan fingerprint density at radius 1 is 1.35 bits per heavy atom. The quantitative estimate of drug-likeness (QED) is 0.899. The first-order valence-electron chi connectivity index (χ1n) is 7.21. The van der Waals surface area contributed by atoms with Crippen LogP contribution in [0.3, 0.4) is 0 Å². The summed E-state index contributed by atoms with van der Waals surface area (Å²) in [7, 11) is 1.64. The van der Waals surface area contributed by atoms with Crippen LogP contribution in [-0.2, 0) is 0 Å². The lowest BCUT2D eigenvalue weighted by Gasteiger charge is -2.23. The second-order valence-corrected chi connectivity index (χ2v) is 5.97. The number of halogens is 1. The fourth-order valence-corrected chi connectivity index (χ4v) is 3.54. The Morgan fingerprint density at radius 2 is 2.20 bits per heavy atom. The van der Waals surface area contributed by atoms with Gasteiger partial charge < -0.3 is 10.6 Å². The summed E-state index contributed by atoms with van der Waals surface area (Å²) in [5.74, 6) is -0.0846. The van der Waals surface area contributed by atoms with Crippen molar-refractivity contribution in [2.75, 3.05) is 25.5 Å². The molecule has 2 saturated heterocycles. The van der Waals surface area contributed by atoms with Crippen LogP contribution in [0.15, 0.2) is 18.2 Å². The van der Waals surface area contributed by atoms with Gasteiger partial charge in [0.05, 0.1) is 10.7 Å². The SMILES string of the molecule is CNC(=O)c1ccc(Cl)c(NC2CCN3CCCC23)c1. The van der Waals surface area contributed by atoms with Crippen molar-refractivity contribution in [2.45, 2.75) is 31.3 Å². The van der Waals surface area contributed by atoms with Gasteiger partial charge in [0.25, 0.3) is 5.91 Å². The maximum Gasteiger partial charge on any atom is 0.251 e. The van der Waals surface area contributed by atoms with Gasteiger partial charge in [-0.15, -0.1) is 0 Å². The zero-order valence-corrected chi connectivity index (χ0v) is 12.4. The molecule has 0 radical (unpaired) electrons. The van der Waals surface area contributed by atoms with E-state index >= 15 is 0 Å². The van der Waals surface area contributed by atoms with Gasteiger partial charge in [-0.1, -0.05) is 11.6 Å². The fourth-order valence-electron chi connectivity index (χ4n) is 3.37. The number of nitrogens with one attached hydrogen (secondary N) is 2. The van der Waals surface area contributed by atoms with E-state index in [1.165, 1.54) is 19.4 Å². The highest BCUT2D eigenvalue weighted by Crippen LogP contribution is 2.32. The maximum absolute atomic E-state index is 11.7. The molecular formula is C15H20ClN3O. The summed E-state index contributed by atoms with van der Waals surface area (Å²) in [5.41, 5.74) is 1.51. The topological polar surface area (TPSA) is 44.4 Å². The van der Waals surface area contributed by atoms with E-state index in [-0.39, 0.29) is 5.91 Å². The number of hydrogen-bond donors (Lipinski definition) is 2. The van der Waals surface area contributed by atoms with Gasteiger partial charge in [-0.25, -0.2) is 0 Å². The van der Waals surface area contributed by atoms with Gasteiger partial charge in [-0.2, -0.15) is 0 Å². The minimum Gasteiger partial charge on any atom is -0.379 e. The number of benzene rings is 1. The van der Waals surface area contributed by atoms with Crippen molar-refractivity contribution in [3.05, 3.63) is 28.8 Å². The number of nitrogens with zero attached hydrogens (tertiary/aromatic N) is 1. The number of anilines is 1. The van der Waals surface area contributed by atoms with E-state index in [0.29, 0.717) is 22.7 Å². The fraction of sp³-hybridized carbons (Fsp3) is 0.533. The lowest BCUT2D eigenvalue weighted by Crippen LogP contribution is -2.33. The lowest BCUT2D eigenvalue weighted by atomic mass is 10.1. The molecule has 0 aromatic heterocycles.